The van der Waals surface area contributed by atoms with E-state index < -0.39 is 0 Å². The molecule has 0 amide bonds. The van der Waals surface area contributed by atoms with Crippen molar-refractivity contribution in [3.63, 3.8) is 0 Å². The molecule has 15 heavy (non-hydrogen) atoms. The Morgan fingerprint density at radius 2 is 2.20 bits per heavy atom. The van der Waals surface area contributed by atoms with Gasteiger partial charge in [-0.3, -0.25) is 0 Å². The number of hydrogen-bond donors (Lipinski definition) is 0. The molecule has 2 aromatic rings. The summed E-state index contributed by atoms with van der Waals surface area (Å²) in [6.45, 7) is 3.92. The number of aryl methyl sites for hydroxylation is 2. The van der Waals surface area contributed by atoms with Gasteiger partial charge in [0.15, 0.2) is 0 Å². The van der Waals surface area contributed by atoms with Crippen LogP contribution in [0.1, 0.15) is 18.2 Å². The van der Waals surface area contributed by atoms with Crippen LogP contribution in [0.2, 0.25) is 0 Å². The van der Waals surface area contributed by atoms with Gasteiger partial charge in [-0.2, -0.15) is 0 Å². The van der Waals surface area contributed by atoms with E-state index in [1.165, 1.54) is 6.07 Å². The summed E-state index contributed by atoms with van der Waals surface area (Å²) in [5.74, 6) is -0.130. The maximum absolute atomic E-state index is 13.3. The fourth-order valence-corrected chi connectivity index (χ4v) is 2.26. The summed E-state index contributed by atoms with van der Waals surface area (Å²) >= 11 is 1.59. The zero-order valence-electron chi connectivity index (χ0n) is 8.75. The standard InChI is InChI=1S/C12H12FNS/c1-3-9-6-10(4-5-11(9)13)12-14-8(2)7-15-12/h4-7H,3H2,1-2H3. The third-order valence-corrected chi connectivity index (χ3v) is 3.30. The van der Waals surface area contributed by atoms with E-state index in [0.29, 0.717) is 6.42 Å². The normalized spacial score (nSPS) is 10.6. The minimum Gasteiger partial charge on any atom is -0.241 e. The van der Waals surface area contributed by atoms with Crippen LogP contribution < -0.4 is 0 Å². The van der Waals surface area contributed by atoms with Crippen molar-refractivity contribution in [3.8, 4) is 10.6 Å². The minimum absolute atomic E-state index is 0.130. The van der Waals surface area contributed by atoms with Crippen LogP contribution in [0.4, 0.5) is 4.39 Å². The molecule has 0 N–H and O–H groups in total. The molecular formula is C12H12FNS. The van der Waals surface area contributed by atoms with E-state index in [-0.39, 0.29) is 5.82 Å². The fourth-order valence-electron chi connectivity index (χ4n) is 1.47. The summed E-state index contributed by atoms with van der Waals surface area (Å²) in [6.07, 6.45) is 0.712. The minimum atomic E-state index is -0.130. The smallest absolute Gasteiger partial charge is 0.126 e. The summed E-state index contributed by atoms with van der Waals surface area (Å²) in [7, 11) is 0. The first kappa shape index (κ1) is 10.3. The lowest BCUT2D eigenvalue weighted by atomic mass is 10.1. The highest BCUT2D eigenvalue weighted by molar-refractivity contribution is 7.13. The van der Waals surface area contributed by atoms with Crippen LogP contribution >= 0.6 is 11.3 Å². The molecule has 0 bridgehead atoms. The summed E-state index contributed by atoms with van der Waals surface area (Å²) in [4.78, 5) is 4.38. The Hall–Kier alpha value is -1.22. The highest BCUT2D eigenvalue weighted by atomic mass is 32.1. The van der Waals surface area contributed by atoms with E-state index in [1.54, 1.807) is 17.4 Å². The Morgan fingerprint density at radius 1 is 1.40 bits per heavy atom. The molecule has 1 aromatic heterocycles. The molecule has 78 valence electrons. The Morgan fingerprint density at radius 3 is 2.80 bits per heavy atom. The summed E-state index contributed by atoms with van der Waals surface area (Å²) in [5.41, 5.74) is 2.77. The molecule has 0 fully saturated rings. The summed E-state index contributed by atoms with van der Waals surface area (Å²) < 4.78 is 13.3. The number of halogens is 1. The molecule has 0 radical (unpaired) electrons. The topological polar surface area (TPSA) is 12.9 Å². The first-order valence-corrected chi connectivity index (χ1v) is 5.79. The van der Waals surface area contributed by atoms with Crippen molar-refractivity contribution >= 4 is 11.3 Å². The third-order valence-electron chi connectivity index (χ3n) is 2.29. The van der Waals surface area contributed by atoms with Gasteiger partial charge < -0.3 is 0 Å². The van der Waals surface area contributed by atoms with Crippen molar-refractivity contribution in [1.82, 2.24) is 4.98 Å². The zero-order valence-corrected chi connectivity index (χ0v) is 9.57. The first-order valence-electron chi connectivity index (χ1n) is 4.91. The molecule has 0 aliphatic carbocycles. The maximum Gasteiger partial charge on any atom is 0.126 e. The predicted molar refractivity (Wildman–Crippen MR) is 61.6 cm³/mol. The number of rotatable bonds is 2. The van der Waals surface area contributed by atoms with Crippen LogP contribution in [0, 0.1) is 12.7 Å². The lowest BCUT2D eigenvalue weighted by Gasteiger charge is -2.02. The molecule has 0 unspecified atom stereocenters. The molecule has 1 heterocycles. The van der Waals surface area contributed by atoms with E-state index >= 15 is 0 Å². The average molecular weight is 221 g/mol. The molecular weight excluding hydrogens is 209 g/mol. The summed E-state index contributed by atoms with van der Waals surface area (Å²) in [5, 5.41) is 2.96. The van der Waals surface area contributed by atoms with Crippen molar-refractivity contribution in [3.05, 3.63) is 40.7 Å². The third kappa shape index (κ3) is 2.07. The molecule has 1 aromatic carbocycles. The van der Waals surface area contributed by atoms with E-state index in [1.807, 2.05) is 25.3 Å². The van der Waals surface area contributed by atoms with E-state index in [9.17, 15) is 4.39 Å². The fraction of sp³-hybridized carbons (Fsp3) is 0.250. The Kier molecular flexibility index (Phi) is 2.82. The highest BCUT2D eigenvalue weighted by Crippen LogP contribution is 2.25. The Bertz CT molecular complexity index is 476. The number of aromatic nitrogens is 1. The van der Waals surface area contributed by atoms with Crippen LogP contribution in [0.3, 0.4) is 0 Å². The largest absolute Gasteiger partial charge is 0.241 e. The number of thiazole rings is 1. The van der Waals surface area contributed by atoms with Gasteiger partial charge in [-0.15, -0.1) is 11.3 Å². The van der Waals surface area contributed by atoms with Gasteiger partial charge in [-0.25, -0.2) is 9.37 Å². The van der Waals surface area contributed by atoms with Crippen LogP contribution in [-0.4, -0.2) is 4.98 Å². The Labute approximate surface area is 92.6 Å². The maximum atomic E-state index is 13.3. The quantitative estimate of drug-likeness (QED) is 0.751. The highest BCUT2D eigenvalue weighted by Gasteiger charge is 2.06. The van der Waals surface area contributed by atoms with Crippen LogP contribution in [0.15, 0.2) is 23.6 Å². The second-order valence-corrected chi connectivity index (χ2v) is 4.31. The summed E-state index contributed by atoms with van der Waals surface area (Å²) in [6, 6.07) is 5.19. The second kappa shape index (κ2) is 4.11. The predicted octanol–water partition coefficient (Wildman–Crippen LogP) is 3.82. The molecule has 0 saturated carbocycles. The van der Waals surface area contributed by atoms with E-state index in [0.717, 1.165) is 21.8 Å². The van der Waals surface area contributed by atoms with E-state index in [2.05, 4.69) is 4.98 Å². The monoisotopic (exact) mass is 221 g/mol. The van der Waals surface area contributed by atoms with Crippen molar-refractivity contribution < 1.29 is 4.39 Å². The SMILES string of the molecule is CCc1cc(-c2nc(C)cs2)ccc1F. The van der Waals surface area contributed by atoms with Gasteiger partial charge in [0.1, 0.15) is 10.8 Å². The van der Waals surface area contributed by atoms with Crippen LogP contribution in [0.5, 0.6) is 0 Å². The van der Waals surface area contributed by atoms with Gasteiger partial charge in [0.2, 0.25) is 0 Å². The second-order valence-electron chi connectivity index (χ2n) is 3.45. The number of nitrogens with zero attached hydrogens (tertiary/aromatic N) is 1. The van der Waals surface area contributed by atoms with Gasteiger partial charge in [0.25, 0.3) is 0 Å². The molecule has 2 rings (SSSR count). The van der Waals surface area contributed by atoms with Gasteiger partial charge >= 0.3 is 0 Å². The van der Waals surface area contributed by atoms with Gasteiger partial charge in [0.05, 0.1) is 0 Å². The lowest BCUT2D eigenvalue weighted by molar-refractivity contribution is 0.612. The zero-order chi connectivity index (χ0) is 10.8. The van der Waals surface area contributed by atoms with Gasteiger partial charge in [0, 0.05) is 16.6 Å². The molecule has 0 spiro atoms. The first-order chi connectivity index (χ1) is 7.20. The van der Waals surface area contributed by atoms with Crippen molar-refractivity contribution in [2.75, 3.05) is 0 Å². The molecule has 0 atom stereocenters. The average Bonchev–Trinajstić information content (AvgIpc) is 2.66. The van der Waals surface area contributed by atoms with Crippen molar-refractivity contribution in [2.24, 2.45) is 0 Å². The van der Waals surface area contributed by atoms with Crippen molar-refractivity contribution in [2.45, 2.75) is 20.3 Å². The van der Waals surface area contributed by atoms with Gasteiger partial charge in [-0.1, -0.05) is 6.92 Å². The molecule has 0 aliphatic heterocycles. The van der Waals surface area contributed by atoms with E-state index in [4.69, 9.17) is 0 Å². The number of benzene rings is 1. The molecule has 1 nitrogen and oxygen atoms in total. The van der Waals surface area contributed by atoms with Gasteiger partial charge in [-0.05, 0) is 37.1 Å². The van der Waals surface area contributed by atoms with Crippen molar-refractivity contribution in [1.29, 1.82) is 0 Å². The molecule has 0 saturated heterocycles. The lowest BCUT2D eigenvalue weighted by Crippen LogP contribution is -1.88. The van der Waals surface area contributed by atoms with Crippen LogP contribution in [0.25, 0.3) is 10.6 Å². The molecule has 3 heteroatoms. The number of hydrogen-bond acceptors (Lipinski definition) is 2. The Balaban J connectivity index is 2.45. The van der Waals surface area contributed by atoms with Crippen LogP contribution in [-0.2, 0) is 6.42 Å². The molecule has 0 aliphatic rings.